The van der Waals surface area contributed by atoms with Crippen molar-refractivity contribution < 1.29 is 31.8 Å². The molecule has 0 bridgehead atoms. The molecule has 0 spiro atoms. The van der Waals surface area contributed by atoms with Crippen LogP contribution in [0, 0.1) is 23.5 Å². The largest absolute Gasteiger partial charge is 0.493 e. The Morgan fingerprint density at radius 2 is 1.62 bits per heavy atom. The highest BCUT2D eigenvalue weighted by atomic mass is 19.2. The molecule has 0 aliphatic rings. The third kappa shape index (κ3) is 3.85. The normalized spacial score (nSPS) is 10.6. The summed E-state index contributed by atoms with van der Waals surface area (Å²) in [6, 6.07) is 4.23. The monoisotopic (exact) mass is 346 g/mol. The molecule has 1 aromatic carbocycles. The number of nitrogens with zero attached hydrogens (tertiary/aromatic N) is 1. The number of ether oxygens (including phenoxy) is 3. The summed E-state index contributed by atoms with van der Waals surface area (Å²) in [5.74, 6) is -6.14. The van der Waals surface area contributed by atoms with Gasteiger partial charge in [-0.15, -0.1) is 0 Å². The van der Waals surface area contributed by atoms with Gasteiger partial charge < -0.3 is 19.5 Å². The van der Waals surface area contributed by atoms with Crippen molar-refractivity contribution in [2.45, 2.75) is 0 Å². The number of benzene rings is 1. The minimum atomic E-state index is -1.75. The van der Waals surface area contributed by atoms with Crippen LogP contribution in [0.4, 0.5) is 28.9 Å². The van der Waals surface area contributed by atoms with Crippen LogP contribution in [0.5, 0.6) is 11.5 Å². The van der Waals surface area contributed by atoms with Gasteiger partial charge in [0.2, 0.25) is 11.6 Å². The van der Waals surface area contributed by atoms with E-state index in [2.05, 4.69) is 10.3 Å². The predicted octanol–water partition coefficient (Wildman–Crippen LogP) is 3.42. The molecule has 0 aliphatic heterocycles. The lowest BCUT2D eigenvalue weighted by molar-refractivity contribution is 0.144. The smallest absolute Gasteiger partial charge is 0.253 e. The molecule has 0 atom stereocenters. The molecule has 0 saturated heterocycles. The van der Waals surface area contributed by atoms with Crippen LogP contribution in [0.3, 0.4) is 0 Å². The van der Waals surface area contributed by atoms with Gasteiger partial charge in [-0.1, -0.05) is 0 Å². The van der Waals surface area contributed by atoms with E-state index >= 15 is 0 Å². The average Bonchev–Trinajstić information content (AvgIpc) is 2.57. The van der Waals surface area contributed by atoms with Gasteiger partial charge in [0.25, 0.3) is 11.9 Å². The standard InChI is InChI=1S/C15H14F4N2O3/c1-22-5-6-24-10-7-8(3-4-9(10)23-2)20-13-11(16)14(18)21-15(19)12(13)17/h3-4,7H,5-6H2,1-2H3,(H,20,21). The maximum atomic E-state index is 13.6. The van der Waals surface area contributed by atoms with E-state index < -0.39 is 29.2 Å². The Morgan fingerprint density at radius 3 is 2.21 bits per heavy atom. The minimum Gasteiger partial charge on any atom is -0.493 e. The highest BCUT2D eigenvalue weighted by Crippen LogP contribution is 2.33. The summed E-state index contributed by atoms with van der Waals surface area (Å²) in [6.07, 6.45) is 0. The van der Waals surface area contributed by atoms with E-state index in [4.69, 9.17) is 14.2 Å². The molecule has 5 nitrogen and oxygen atoms in total. The molecule has 0 radical (unpaired) electrons. The maximum absolute atomic E-state index is 13.6. The zero-order valence-corrected chi connectivity index (χ0v) is 12.8. The Hall–Kier alpha value is -2.55. The highest BCUT2D eigenvalue weighted by molar-refractivity contribution is 5.64. The first-order chi connectivity index (χ1) is 11.5. The number of nitrogens with one attached hydrogen (secondary N) is 1. The minimum absolute atomic E-state index is 0.131. The van der Waals surface area contributed by atoms with Crippen LogP contribution < -0.4 is 14.8 Å². The number of halogens is 4. The summed E-state index contributed by atoms with van der Waals surface area (Å²) >= 11 is 0. The van der Waals surface area contributed by atoms with Crippen molar-refractivity contribution in [3.63, 3.8) is 0 Å². The van der Waals surface area contributed by atoms with Crippen molar-refractivity contribution in [2.75, 3.05) is 32.8 Å². The Morgan fingerprint density at radius 1 is 0.958 bits per heavy atom. The summed E-state index contributed by atoms with van der Waals surface area (Å²) < 4.78 is 68.9. The van der Waals surface area contributed by atoms with Crippen LogP contribution in [0.2, 0.25) is 0 Å². The van der Waals surface area contributed by atoms with Crippen molar-refractivity contribution in [3.8, 4) is 11.5 Å². The molecule has 9 heteroatoms. The van der Waals surface area contributed by atoms with E-state index in [0.717, 1.165) is 0 Å². The zero-order valence-electron chi connectivity index (χ0n) is 12.8. The fraction of sp³-hybridized carbons (Fsp3) is 0.267. The number of rotatable bonds is 7. The first-order valence-electron chi connectivity index (χ1n) is 6.74. The molecule has 0 amide bonds. The molecule has 0 aliphatic carbocycles. The third-order valence-corrected chi connectivity index (χ3v) is 2.98. The molecule has 0 unspecified atom stereocenters. The molecule has 1 heterocycles. The molecular weight excluding hydrogens is 332 g/mol. The number of anilines is 2. The van der Waals surface area contributed by atoms with Gasteiger partial charge in [0.1, 0.15) is 12.3 Å². The fourth-order valence-electron chi connectivity index (χ4n) is 1.84. The lowest BCUT2D eigenvalue weighted by Gasteiger charge is -2.14. The molecular formula is C15H14F4N2O3. The summed E-state index contributed by atoms with van der Waals surface area (Å²) in [5.41, 5.74) is -0.862. The van der Waals surface area contributed by atoms with Gasteiger partial charge in [-0.2, -0.15) is 22.5 Å². The van der Waals surface area contributed by atoms with Crippen molar-refractivity contribution in [1.29, 1.82) is 0 Å². The number of hydrogen-bond donors (Lipinski definition) is 1. The van der Waals surface area contributed by atoms with E-state index in [0.29, 0.717) is 12.4 Å². The Bertz CT molecular complexity index is 702. The SMILES string of the molecule is COCCOc1cc(Nc2c(F)c(F)nc(F)c2F)ccc1OC. The van der Waals surface area contributed by atoms with Crippen LogP contribution >= 0.6 is 0 Å². The maximum Gasteiger partial charge on any atom is 0.253 e. The van der Waals surface area contributed by atoms with Crippen LogP contribution in [-0.2, 0) is 4.74 Å². The van der Waals surface area contributed by atoms with Crippen molar-refractivity contribution in [2.24, 2.45) is 0 Å². The van der Waals surface area contributed by atoms with E-state index in [1.54, 1.807) is 0 Å². The molecule has 2 rings (SSSR count). The first kappa shape index (κ1) is 17.8. The van der Waals surface area contributed by atoms with Gasteiger partial charge in [-0.05, 0) is 12.1 Å². The molecule has 1 aromatic heterocycles. The highest BCUT2D eigenvalue weighted by Gasteiger charge is 2.21. The second-order valence-electron chi connectivity index (χ2n) is 4.53. The molecule has 0 saturated carbocycles. The number of hydrogen-bond acceptors (Lipinski definition) is 5. The van der Waals surface area contributed by atoms with E-state index in [9.17, 15) is 17.6 Å². The second-order valence-corrected chi connectivity index (χ2v) is 4.53. The van der Waals surface area contributed by atoms with Crippen LogP contribution in [-0.4, -0.2) is 32.4 Å². The van der Waals surface area contributed by atoms with E-state index in [-0.39, 0.29) is 18.0 Å². The summed E-state index contributed by atoms with van der Waals surface area (Å²) in [4.78, 5) is 2.49. The van der Waals surface area contributed by atoms with Crippen LogP contribution in [0.1, 0.15) is 0 Å². The average molecular weight is 346 g/mol. The number of pyridine rings is 1. The molecule has 24 heavy (non-hydrogen) atoms. The predicted molar refractivity (Wildman–Crippen MR) is 77.7 cm³/mol. The molecule has 1 N–H and O–H groups in total. The van der Waals surface area contributed by atoms with E-state index in [1.807, 2.05) is 0 Å². The van der Waals surface area contributed by atoms with Gasteiger partial charge in [0, 0.05) is 18.9 Å². The van der Waals surface area contributed by atoms with Crippen molar-refractivity contribution >= 4 is 11.4 Å². The van der Waals surface area contributed by atoms with Gasteiger partial charge in [0.15, 0.2) is 11.5 Å². The first-order valence-corrected chi connectivity index (χ1v) is 6.74. The lowest BCUT2D eigenvalue weighted by atomic mass is 10.2. The third-order valence-electron chi connectivity index (χ3n) is 2.98. The molecule has 0 fully saturated rings. The number of aromatic nitrogens is 1. The van der Waals surface area contributed by atoms with Crippen molar-refractivity contribution in [3.05, 3.63) is 41.7 Å². The van der Waals surface area contributed by atoms with Crippen LogP contribution in [0.15, 0.2) is 18.2 Å². The topological polar surface area (TPSA) is 52.6 Å². The zero-order chi connectivity index (χ0) is 17.7. The van der Waals surface area contributed by atoms with Crippen molar-refractivity contribution in [1.82, 2.24) is 4.98 Å². The summed E-state index contributed by atoms with van der Waals surface area (Å²) in [6.45, 7) is 0.516. The Labute approximate surface area is 135 Å². The van der Waals surface area contributed by atoms with Gasteiger partial charge in [-0.25, -0.2) is 0 Å². The van der Waals surface area contributed by atoms with Gasteiger partial charge in [-0.3, -0.25) is 0 Å². The molecule has 130 valence electrons. The lowest BCUT2D eigenvalue weighted by Crippen LogP contribution is -2.07. The van der Waals surface area contributed by atoms with E-state index in [1.165, 1.54) is 32.4 Å². The summed E-state index contributed by atoms with van der Waals surface area (Å²) in [5, 5.41) is 2.27. The van der Waals surface area contributed by atoms with Gasteiger partial charge >= 0.3 is 0 Å². The quantitative estimate of drug-likeness (QED) is 0.473. The van der Waals surface area contributed by atoms with Crippen LogP contribution in [0.25, 0.3) is 0 Å². The second kappa shape index (κ2) is 7.82. The Kier molecular flexibility index (Phi) is 5.80. The summed E-state index contributed by atoms with van der Waals surface area (Å²) in [7, 11) is 2.91. The fourth-order valence-corrected chi connectivity index (χ4v) is 1.84. The molecule has 2 aromatic rings. The number of methoxy groups -OCH3 is 2. The Balaban J connectivity index is 2.32. The van der Waals surface area contributed by atoms with Gasteiger partial charge in [0.05, 0.1) is 13.7 Å².